The van der Waals surface area contributed by atoms with Crippen LogP contribution in [0.5, 0.6) is 0 Å². The van der Waals surface area contributed by atoms with Crippen molar-refractivity contribution in [2.24, 2.45) is 0 Å². The Morgan fingerprint density at radius 2 is 1.69 bits per heavy atom. The monoisotopic (exact) mass is 490 g/mol. The molecule has 0 saturated carbocycles. The van der Waals surface area contributed by atoms with Gasteiger partial charge in [-0.15, -0.1) is 0 Å². The van der Waals surface area contributed by atoms with Crippen LogP contribution in [-0.4, -0.2) is 40.6 Å². The van der Waals surface area contributed by atoms with Gasteiger partial charge in [-0.25, -0.2) is 23.1 Å². The Hall–Kier alpha value is -4.05. The Kier molecular flexibility index (Phi) is 7.21. The zero-order valence-corrected chi connectivity index (χ0v) is 20.3. The van der Waals surface area contributed by atoms with Gasteiger partial charge in [0.05, 0.1) is 10.6 Å². The maximum Gasteiger partial charge on any atom is 0.264 e. The molecule has 4 aromatic rings. The number of amides is 1. The normalized spacial score (nSPS) is 11.3. The summed E-state index contributed by atoms with van der Waals surface area (Å²) in [6.45, 7) is 4.04. The van der Waals surface area contributed by atoms with Crippen molar-refractivity contribution in [2.75, 3.05) is 10.8 Å². The molecule has 10 heteroatoms. The lowest BCUT2D eigenvalue weighted by atomic mass is 10.2. The first-order chi connectivity index (χ1) is 16.8. The highest BCUT2D eigenvalue weighted by Gasteiger charge is 2.25. The molecule has 1 amide bonds. The van der Waals surface area contributed by atoms with Gasteiger partial charge in [-0.1, -0.05) is 41.5 Å². The molecule has 0 saturated heterocycles. The number of benzene rings is 2. The summed E-state index contributed by atoms with van der Waals surface area (Å²) in [4.78, 5) is 21.1. The van der Waals surface area contributed by atoms with E-state index in [4.69, 9.17) is 0 Å². The third-order valence-corrected chi connectivity index (χ3v) is 7.29. The fourth-order valence-corrected chi connectivity index (χ4v) is 4.98. The van der Waals surface area contributed by atoms with Crippen LogP contribution in [0.25, 0.3) is 5.82 Å². The number of anilines is 1. The minimum Gasteiger partial charge on any atom is -0.352 e. The standard InChI is InChI=1S/C25H26N6O3S/c1-19-5-9-22(10-6-19)31(35(33,34)23-11-7-20(2)8-12-23)15-13-24(32)28-16-21-4-3-14-27-25(21)30-18-26-17-29-30/h3-12,14,17-18H,13,15-16H2,1-2H3,(H,28,32). The molecule has 0 spiro atoms. The second kappa shape index (κ2) is 10.5. The molecule has 0 unspecified atom stereocenters. The first-order valence-electron chi connectivity index (χ1n) is 11.1. The molecule has 1 N–H and O–H groups in total. The number of rotatable bonds is 9. The Bertz CT molecular complexity index is 1390. The van der Waals surface area contributed by atoms with E-state index in [1.807, 2.05) is 32.0 Å². The first kappa shape index (κ1) is 24.1. The predicted molar refractivity (Wildman–Crippen MR) is 133 cm³/mol. The van der Waals surface area contributed by atoms with Gasteiger partial charge in [0.2, 0.25) is 5.91 Å². The molecule has 0 aliphatic rings. The Balaban J connectivity index is 1.49. The molecule has 2 aromatic heterocycles. The Morgan fingerprint density at radius 3 is 2.34 bits per heavy atom. The van der Waals surface area contributed by atoms with Gasteiger partial charge in [-0.3, -0.25) is 9.10 Å². The van der Waals surface area contributed by atoms with Crippen molar-refractivity contribution in [2.45, 2.75) is 31.7 Å². The predicted octanol–water partition coefficient (Wildman–Crippen LogP) is 3.18. The van der Waals surface area contributed by atoms with E-state index < -0.39 is 10.0 Å². The van der Waals surface area contributed by atoms with Crippen LogP contribution in [0.4, 0.5) is 5.69 Å². The second-order valence-electron chi connectivity index (χ2n) is 8.08. The van der Waals surface area contributed by atoms with Crippen molar-refractivity contribution in [3.8, 4) is 5.82 Å². The highest BCUT2D eigenvalue weighted by molar-refractivity contribution is 7.92. The highest BCUT2D eigenvalue weighted by Crippen LogP contribution is 2.25. The average molecular weight is 491 g/mol. The van der Waals surface area contributed by atoms with E-state index in [9.17, 15) is 13.2 Å². The molecule has 180 valence electrons. The number of hydrogen-bond donors (Lipinski definition) is 1. The third-order valence-electron chi connectivity index (χ3n) is 5.45. The molecule has 4 rings (SSSR count). The number of hydrogen-bond acceptors (Lipinski definition) is 6. The smallest absolute Gasteiger partial charge is 0.264 e. The van der Waals surface area contributed by atoms with Crippen molar-refractivity contribution >= 4 is 21.6 Å². The van der Waals surface area contributed by atoms with Crippen LogP contribution in [0.3, 0.4) is 0 Å². The van der Waals surface area contributed by atoms with E-state index in [0.29, 0.717) is 11.5 Å². The van der Waals surface area contributed by atoms with Crippen LogP contribution >= 0.6 is 0 Å². The molecule has 0 aliphatic heterocycles. The zero-order valence-electron chi connectivity index (χ0n) is 19.5. The molecular formula is C25H26N6O3S. The van der Waals surface area contributed by atoms with Gasteiger partial charge in [-0.05, 0) is 44.2 Å². The maximum absolute atomic E-state index is 13.5. The molecule has 2 heterocycles. The minimum absolute atomic E-state index is 0.00588. The van der Waals surface area contributed by atoms with Gasteiger partial charge in [0.25, 0.3) is 10.0 Å². The number of aromatic nitrogens is 4. The van der Waals surface area contributed by atoms with Crippen LogP contribution in [0, 0.1) is 13.8 Å². The van der Waals surface area contributed by atoms with Gasteiger partial charge >= 0.3 is 0 Å². The lowest BCUT2D eigenvalue weighted by Gasteiger charge is -2.24. The fraction of sp³-hybridized carbons (Fsp3) is 0.200. The quantitative estimate of drug-likeness (QED) is 0.386. The fourth-order valence-electron chi connectivity index (χ4n) is 3.51. The van der Waals surface area contributed by atoms with E-state index in [-0.39, 0.29) is 30.3 Å². The summed E-state index contributed by atoms with van der Waals surface area (Å²) in [5.74, 6) is 0.281. The molecule has 35 heavy (non-hydrogen) atoms. The van der Waals surface area contributed by atoms with Gasteiger partial charge in [0.15, 0.2) is 5.82 Å². The summed E-state index contributed by atoms with van der Waals surface area (Å²) in [5, 5.41) is 6.95. The van der Waals surface area contributed by atoms with Crippen LogP contribution in [-0.2, 0) is 21.4 Å². The van der Waals surface area contributed by atoms with Crippen molar-refractivity contribution < 1.29 is 13.2 Å². The number of pyridine rings is 1. The van der Waals surface area contributed by atoms with E-state index in [1.165, 1.54) is 21.6 Å². The van der Waals surface area contributed by atoms with Gasteiger partial charge < -0.3 is 5.32 Å². The summed E-state index contributed by atoms with van der Waals surface area (Å²) in [6, 6.07) is 17.5. The molecule has 0 bridgehead atoms. The minimum atomic E-state index is -3.86. The zero-order chi connectivity index (χ0) is 24.8. The van der Waals surface area contributed by atoms with E-state index in [1.54, 1.807) is 48.7 Å². The third kappa shape index (κ3) is 5.72. The van der Waals surface area contributed by atoms with E-state index in [0.717, 1.165) is 16.7 Å². The summed E-state index contributed by atoms with van der Waals surface area (Å²) in [6.07, 6.45) is 4.56. The molecule has 0 radical (unpaired) electrons. The number of aryl methyl sites for hydroxylation is 2. The Morgan fingerprint density at radius 1 is 1.00 bits per heavy atom. The summed E-state index contributed by atoms with van der Waals surface area (Å²) in [5.41, 5.74) is 3.24. The van der Waals surface area contributed by atoms with Gasteiger partial charge in [0, 0.05) is 31.3 Å². The highest BCUT2D eigenvalue weighted by atomic mass is 32.2. The van der Waals surface area contributed by atoms with Gasteiger partial charge in [-0.2, -0.15) is 5.10 Å². The van der Waals surface area contributed by atoms with Crippen LogP contribution in [0.15, 0.2) is 84.4 Å². The molecular weight excluding hydrogens is 464 g/mol. The number of nitrogens with one attached hydrogen (secondary N) is 1. The van der Waals surface area contributed by atoms with Gasteiger partial charge in [0.1, 0.15) is 12.7 Å². The summed E-state index contributed by atoms with van der Waals surface area (Å²) in [7, 11) is -3.86. The number of nitrogens with zero attached hydrogens (tertiary/aromatic N) is 5. The average Bonchev–Trinajstić information content (AvgIpc) is 3.39. The van der Waals surface area contributed by atoms with E-state index in [2.05, 4.69) is 20.4 Å². The Labute approximate surface area is 204 Å². The van der Waals surface area contributed by atoms with Crippen molar-refractivity contribution in [3.63, 3.8) is 0 Å². The lowest BCUT2D eigenvalue weighted by Crippen LogP contribution is -2.35. The van der Waals surface area contributed by atoms with Crippen molar-refractivity contribution in [1.29, 1.82) is 0 Å². The molecule has 0 atom stereocenters. The second-order valence-corrected chi connectivity index (χ2v) is 9.94. The van der Waals surface area contributed by atoms with E-state index >= 15 is 0 Å². The summed E-state index contributed by atoms with van der Waals surface area (Å²) < 4.78 is 29.7. The maximum atomic E-state index is 13.5. The lowest BCUT2D eigenvalue weighted by molar-refractivity contribution is -0.121. The van der Waals surface area contributed by atoms with Crippen LogP contribution in [0.2, 0.25) is 0 Å². The number of sulfonamides is 1. The van der Waals surface area contributed by atoms with Crippen molar-refractivity contribution in [3.05, 3.63) is 96.2 Å². The molecule has 2 aromatic carbocycles. The molecule has 0 aliphatic carbocycles. The van der Waals surface area contributed by atoms with Crippen molar-refractivity contribution in [1.82, 2.24) is 25.1 Å². The molecule has 0 fully saturated rings. The topological polar surface area (TPSA) is 110 Å². The SMILES string of the molecule is Cc1ccc(N(CCC(=O)NCc2cccnc2-n2cncn2)S(=O)(=O)c2ccc(C)cc2)cc1. The van der Waals surface area contributed by atoms with Crippen LogP contribution < -0.4 is 9.62 Å². The summed E-state index contributed by atoms with van der Waals surface area (Å²) >= 11 is 0. The number of carbonyl (C=O) groups excluding carboxylic acids is 1. The molecule has 9 nitrogen and oxygen atoms in total. The number of carbonyl (C=O) groups is 1. The van der Waals surface area contributed by atoms with Crippen LogP contribution in [0.1, 0.15) is 23.1 Å². The first-order valence-corrected chi connectivity index (χ1v) is 12.5. The largest absolute Gasteiger partial charge is 0.352 e.